The number of nitrogens with one attached hydrogen (secondary N) is 1. The van der Waals surface area contributed by atoms with Crippen molar-refractivity contribution in [3.63, 3.8) is 0 Å². The number of aliphatic carboxylic acids is 1. The maximum atomic E-state index is 11.5. The van der Waals surface area contributed by atoms with Gasteiger partial charge in [-0.25, -0.2) is 4.79 Å². The lowest BCUT2D eigenvalue weighted by atomic mass is 10.3. The molecule has 6 nitrogen and oxygen atoms in total. The Morgan fingerprint density at radius 2 is 1.94 bits per heavy atom. The first-order valence-electron chi connectivity index (χ1n) is 5.70. The number of hydrogen-bond donors (Lipinski definition) is 2. The molecule has 1 unspecified atom stereocenters. The molecule has 0 rings (SSSR count). The lowest BCUT2D eigenvalue weighted by Gasteiger charge is -2.17. The van der Waals surface area contributed by atoms with Gasteiger partial charge in [-0.2, -0.15) is 0 Å². The van der Waals surface area contributed by atoms with E-state index in [0.29, 0.717) is 13.0 Å². The summed E-state index contributed by atoms with van der Waals surface area (Å²) >= 11 is 1.18. The van der Waals surface area contributed by atoms with Gasteiger partial charge in [0.2, 0.25) is 5.91 Å². The van der Waals surface area contributed by atoms with Crippen LogP contribution in [-0.2, 0) is 19.1 Å². The molecule has 2 N–H and O–H groups in total. The van der Waals surface area contributed by atoms with Gasteiger partial charge in [-0.05, 0) is 13.3 Å². The minimum Gasteiger partial charge on any atom is -0.480 e. The van der Waals surface area contributed by atoms with Crippen molar-refractivity contribution in [2.45, 2.75) is 38.5 Å². The molecule has 0 saturated heterocycles. The molecule has 0 spiro atoms. The summed E-state index contributed by atoms with van der Waals surface area (Å²) in [4.78, 5) is 33.2. The molecule has 0 aliphatic heterocycles. The van der Waals surface area contributed by atoms with Crippen LogP contribution in [0.25, 0.3) is 0 Å². The highest BCUT2D eigenvalue weighted by Crippen LogP contribution is 2.17. The first-order chi connectivity index (χ1) is 8.42. The van der Waals surface area contributed by atoms with Crippen LogP contribution in [0.1, 0.15) is 27.2 Å². The summed E-state index contributed by atoms with van der Waals surface area (Å²) in [7, 11) is 0. The summed E-state index contributed by atoms with van der Waals surface area (Å²) in [6, 6.07) is -0.990. The molecular weight excluding hydrogens is 258 g/mol. The van der Waals surface area contributed by atoms with Crippen LogP contribution >= 0.6 is 11.8 Å². The van der Waals surface area contributed by atoms with Gasteiger partial charge in [-0.15, -0.1) is 11.8 Å². The molecule has 0 bridgehead atoms. The lowest BCUT2D eigenvalue weighted by molar-refractivity contribution is -0.142. The molecule has 0 aliphatic rings. The van der Waals surface area contributed by atoms with Gasteiger partial charge in [0.25, 0.3) is 0 Å². The monoisotopic (exact) mass is 277 g/mol. The molecule has 0 radical (unpaired) electrons. The lowest BCUT2D eigenvalue weighted by Crippen LogP contribution is -2.42. The number of ether oxygens (including phenoxy) is 1. The first-order valence-corrected chi connectivity index (χ1v) is 6.75. The molecular formula is C11H19NO5S. The Labute approximate surface area is 110 Å². The predicted molar refractivity (Wildman–Crippen MR) is 68.4 cm³/mol. The summed E-state index contributed by atoms with van der Waals surface area (Å²) in [6.07, 6.45) is 0.551. The van der Waals surface area contributed by atoms with Crippen molar-refractivity contribution in [2.75, 3.05) is 12.4 Å². The Bertz CT molecular complexity index is 308. The van der Waals surface area contributed by atoms with Crippen LogP contribution < -0.4 is 5.32 Å². The Kier molecular flexibility index (Phi) is 8.19. The Balaban J connectivity index is 4.34. The Morgan fingerprint density at radius 3 is 2.33 bits per heavy atom. The molecule has 0 aromatic rings. The fraction of sp³-hybridized carbons (Fsp3) is 0.727. The second-order valence-corrected chi connectivity index (χ2v) is 4.81. The van der Waals surface area contributed by atoms with Gasteiger partial charge in [0.05, 0.1) is 6.61 Å². The number of carboxylic acids is 1. The third kappa shape index (κ3) is 6.48. The van der Waals surface area contributed by atoms with E-state index in [4.69, 9.17) is 9.84 Å². The maximum absolute atomic E-state index is 11.5. The average Bonchev–Trinajstić information content (AvgIpc) is 2.27. The number of carbonyl (C=O) groups excluding carboxylic acids is 2. The van der Waals surface area contributed by atoms with Gasteiger partial charge in [0.1, 0.15) is 11.3 Å². The van der Waals surface area contributed by atoms with Crippen molar-refractivity contribution in [1.29, 1.82) is 0 Å². The van der Waals surface area contributed by atoms with Gasteiger partial charge in [0, 0.05) is 12.7 Å². The summed E-state index contributed by atoms with van der Waals surface area (Å²) < 4.78 is 4.87. The fourth-order valence-corrected chi connectivity index (χ4v) is 2.31. The van der Waals surface area contributed by atoms with Crippen LogP contribution in [0, 0.1) is 0 Å². The number of carbonyl (C=O) groups is 3. The average molecular weight is 277 g/mol. The first kappa shape index (κ1) is 16.8. The fourth-order valence-electron chi connectivity index (χ4n) is 1.22. The van der Waals surface area contributed by atoms with E-state index in [-0.39, 0.29) is 11.7 Å². The third-order valence-electron chi connectivity index (χ3n) is 2.06. The zero-order chi connectivity index (χ0) is 14.1. The highest BCUT2D eigenvalue weighted by atomic mass is 32.2. The quantitative estimate of drug-likeness (QED) is 0.633. The van der Waals surface area contributed by atoms with Gasteiger partial charge >= 0.3 is 11.9 Å². The van der Waals surface area contributed by atoms with Gasteiger partial charge < -0.3 is 15.2 Å². The SMILES string of the molecule is CCOC(=O)C(CC)SC[C@H](NC(C)=O)C(=O)O. The standard InChI is InChI=1S/C11H19NO5S/c1-4-9(11(16)17-5-2)18-6-8(10(14)15)12-7(3)13/h8-9H,4-6H2,1-3H3,(H,12,13)(H,14,15)/t8-,9?/m0/s1. The highest BCUT2D eigenvalue weighted by Gasteiger charge is 2.24. The molecule has 0 fully saturated rings. The van der Waals surface area contributed by atoms with Crippen LogP contribution in [0.2, 0.25) is 0 Å². The van der Waals surface area contributed by atoms with Crippen LogP contribution in [-0.4, -0.2) is 46.6 Å². The van der Waals surface area contributed by atoms with E-state index in [9.17, 15) is 14.4 Å². The van der Waals surface area contributed by atoms with E-state index >= 15 is 0 Å². The molecule has 0 aromatic carbocycles. The van der Waals surface area contributed by atoms with Crippen molar-refractivity contribution in [1.82, 2.24) is 5.32 Å². The molecule has 18 heavy (non-hydrogen) atoms. The zero-order valence-electron chi connectivity index (χ0n) is 10.8. The molecule has 2 atom stereocenters. The maximum Gasteiger partial charge on any atom is 0.327 e. The van der Waals surface area contributed by atoms with E-state index in [1.165, 1.54) is 18.7 Å². The van der Waals surface area contributed by atoms with Gasteiger partial charge in [-0.1, -0.05) is 6.92 Å². The normalized spacial score (nSPS) is 13.5. The van der Waals surface area contributed by atoms with E-state index < -0.39 is 23.2 Å². The Hall–Kier alpha value is -1.24. The number of hydrogen-bond acceptors (Lipinski definition) is 5. The van der Waals surface area contributed by atoms with E-state index in [1.807, 2.05) is 6.92 Å². The highest BCUT2D eigenvalue weighted by molar-refractivity contribution is 8.00. The molecule has 7 heteroatoms. The topological polar surface area (TPSA) is 92.7 Å². The molecule has 104 valence electrons. The summed E-state index contributed by atoms with van der Waals surface area (Å²) in [5.74, 6) is -1.74. The van der Waals surface area contributed by atoms with E-state index in [2.05, 4.69) is 5.32 Å². The molecule has 0 heterocycles. The summed E-state index contributed by atoms with van der Waals surface area (Å²) in [6.45, 7) is 5.09. The smallest absolute Gasteiger partial charge is 0.327 e. The van der Waals surface area contributed by atoms with Crippen LogP contribution in [0.5, 0.6) is 0 Å². The van der Waals surface area contributed by atoms with Crippen molar-refractivity contribution in [3.05, 3.63) is 0 Å². The molecule has 0 saturated carbocycles. The minimum absolute atomic E-state index is 0.131. The van der Waals surface area contributed by atoms with Crippen LogP contribution in [0.4, 0.5) is 0 Å². The zero-order valence-corrected chi connectivity index (χ0v) is 11.6. The van der Waals surface area contributed by atoms with Gasteiger partial charge in [-0.3, -0.25) is 9.59 Å². The number of esters is 1. The van der Waals surface area contributed by atoms with Crippen LogP contribution in [0.3, 0.4) is 0 Å². The second-order valence-electron chi connectivity index (χ2n) is 3.57. The van der Waals surface area contributed by atoms with E-state index in [1.54, 1.807) is 6.92 Å². The number of carboxylic acid groups (broad SMARTS) is 1. The second kappa shape index (κ2) is 8.79. The van der Waals surface area contributed by atoms with Crippen molar-refractivity contribution in [3.8, 4) is 0 Å². The summed E-state index contributed by atoms with van der Waals surface area (Å²) in [5, 5.41) is 10.8. The predicted octanol–water partition coefficient (Wildman–Crippen LogP) is 0.651. The third-order valence-corrected chi connectivity index (χ3v) is 3.51. The molecule has 1 amide bonds. The Morgan fingerprint density at radius 1 is 1.33 bits per heavy atom. The molecule has 0 aliphatic carbocycles. The minimum atomic E-state index is -1.11. The van der Waals surface area contributed by atoms with Crippen molar-refractivity contribution in [2.24, 2.45) is 0 Å². The largest absolute Gasteiger partial charge is 0.480 e. The van der Waals surface area contributed by atoms with E-state index in [0.717, 1.165) is 0 Å². The van der Waals surface area contributed by atoms with Crippen molar-refractivity contribution < 1.29 is 24.2 Å². The number of rotatable bonds is 8. The summed E-state index contributed by atoms with van der Waals surface area (Å²) in [5.41, 5.74) is 0. The molecule has 0 aromatic heterocycles. The van der Waals surface area contributed by atoms with Gasteiger partial charge in [0.15, 0.2) is 0 Å². The number of thioether (sulfide) groups is 1. The van der Waals surface area contributed by atoms with Crippen LogP contribution in [0.15, 0.2) is 0 Å². The number of amides is 1. The van der Waals surface area contributed by atoms with Crippen molar-refractivity contribution >= 4 is 29.6 Å².